The summed E-state index contributed by atoms with van der Waals surface area (Å²) in [7, 11) is 0. The van der Waals surface area contributed by atoms with Gasteiger partial charge in [-0.2, -0.15) is 0 Å². The molecule has 34 heavy (non-hydrogen) atoms. The van der Waals surface area contributed by atoms with Crippen LogP contribution < -0.4 is 9.47 Å². The van der Waals surface area contributed by atoms with Crippen molar-refractivity contribution in [1.82, 2.24) is 4.90 Å². The summed E-state index contributed by atoms with van der Waals surface area (Å²) in [5.74, 6) is 0.0762. The van der Waals surface area contributed by atoms with Gasteiger partial charge in [0.15, 0.2) is 11.5 Å². The minimum Gasteiger partial charge on any atom is -0.478 e. The molecule has 5 rings (SSSR count). The van der Waals surface area contributed by atoms with Crippen LogP contribution in [-0.2, 0) is 11.3 Å². The lowest BCUT2D eigenvalue weighted by Gasteiger charge is -2.14. The SMILES string of the molecule is O=C(O)c1cc(-c2ccc(C=C3SC(=O)N(Cc4cc5c(cc4Cl)OCO5)C3=O)o2)ccc1Cl. The largest absolute Gasteiger partial charge is 0.478 e. The Hall–Kier alpha value is -3.40. The van der Waals surface area contributed by atoms with E-state index in [0.29, 0.717) is 39.2 Å². The summed E-state index contributed by atoms with van der Waals surface area (Å²) in [5, 5.41) is 9.28. The van der Waals surface area contributed by atoms with Gasteiger partial charge in [0.1, 0.15) is 11.5 Å². The summed E-state index contributed by atoms with van der Waals surface area (Å²) in [6.07, 6.45) is 1.46. The van der Waals surface area contributed by atoms with E-state index in [4.69, 9.17) is 37.1 Å². The Bertz CT molecular complexity index is 1400. The number of furan rings is 1. The number of carbonyl (C=O) groups is 3. The molecule has 1 aromatic heterocycles. The number of amides is 2. The lowest BCUT2D eigenvalue weighted by Crippen LogP contribution is -2.27. The molecule has 0 bridgehead atoms. The molecule has 0 aliphatic carbocycles. The monoisotopic (exact) mass is 517 g/mol. The van der Waals surface area contributed by atoms with Crippen molar-refractivity contribution in [2.45, 2.75) is 6.54 Å². The van der Waals surface area contributed by atoms with E-state index in [1.54, 1.807) is 30.3 Å². The Balaban J connectivity index is 1.36. The fraction of sp³-hybridized carbons (Fsp3) is 0.0870. The molecule has 3 heterocycles. The van der Waals surface area contributed by atoms with Crippen LogP contribution in [0.3, 0.4) is 0 Å². The van der Waals surface area contributed by atoms with Gasteiger partial charge in [-0.25, -0.2) is 4.79 Å². The second-order valence-electron chi connectivity index (χ2n) is 7.27. The summed E-state index contributed by atoms with van der Waals surface area (Å²) in [6.45, 7) is 0.0574. The lowest BCUT2D eigenvalue weighted by atomic mass is 10.1. The first-order valence-electron chi connectivity index (χ1n) is 9.76. The van der Waals surface area contributed by atoms with Crippen molar-refractivity contribution in [1.29, 1.82) is 0 Å². The van der Waals surface area contributed by atoms with Crippen LogP contribution in [0.4, 0.5) is 4.79 Å². The van der Waals surface area contributed by atoms with Gasteiger partial charge >= 0.3 is 5.97 Å². The van der Waals surface area contributed by atoms with E-state index in [0.717, 1.165) is 16.7 Å². The van der Waals surface area contributed by atoms with Crippen molar-refractivity contribution in [2.75, 3.05) is 6.79 Å². The zero-order valence-corrected chi connectivity index (χ0v) is 19.4. The molecule has 8 nitrogen and oxygen atoms in total. The van der Waals surface area contributed by atoms with Crippen molar-refractivity contribution in [2.24, 2.45) is 0 Å². The van der Waals surface area contributed by atoms with Crippen LogP contribution in [0.1, 0.15) is 21.7 Å². The maximum atomic E-state index is 12.9. The highest BCUT2D eigenvalue weighted by molar-refractivity contribution is 8.18. The minimum atomic E-state index is -1.16. The molecule has 0 saturated carbocycles. The van der Waals surface area contributed by atoms with E-state index in [-0.39, 0.29) is 28.8 Å². The van der Waals surface area contributed by atoms with Crippen molar-refractivity contribution in [3.05, 3.63) is 74.3 Å². The molecule has 1 saturated heterocycles. The number of hydrogen-bond donors (Lipinski definition) is 1. The molecule has 1 N–H and O–H groups in total. The van der Waals surface area contributed by atoms with E-state index in [1.807, 2.05) is 0 Å². The van der Waals surface area contributed by atoms with Crippen LogP contribution >= 0.6 is 35.0 Å². The van der Waals surface area contributed by atoms with Crippen molar-refractivity contribution < 1.29 is 33.4 Å². The van der Waals surface area contributed by atoms with E-state index in [9.17, 15) is 19.5 Å². The average molecular weight is 518 g/mol. The van der Waals surface area contributed by atoms with Crippen LogP contribution in [0, 0.1) is 0 Å². The third kappa shape index (κ3) is 4.13. The van der Waals surface area contributed by atoms with Crippen molar-refractivity contribution >= 4 is 58.2 Å². The summed E-state index contributed by atoms with van der Waals surface area (Å²) < 4.78 is 16.4. The first-order valence-corrected chi connectivity index (χ1v) is 11.3. The number of rotatable bonds is 5. The molecule has 2 aliphatic rings. The number of thioether (sulfide) groups is 1. The number of benzene rings is 2. The zero-order chi connectivity index (χ0) is 24.0. The van der Waals surface area contributed by atoms with Crippen LogP contribution in [0.15, 0.2) is 51.8 Å². The summed E-state index contributed by atoms with van der Waals surface area (Å²) >= 11 is 13.0. The molecule has 2 aromatic carbocycles. The van der Waals surface area contributed by atoms with Crippen LogP contribution in [0.2, 0.25) is 10.0 Å². The minimum absolute atomic E-state index is 0.0242. The number of ether oxygens (including phenoxy) is 2. The zero-order valence-electron chi connectivity index (χ0n) is 17.0. The third-order valence-electron chi connectivity index (χ3n) is 5.13. The summed E-state index contributed by atoms with van der Waals surface area (Å²) in [4.78, 5) is 38.0. The van der Waals surface area contributed by atoms with E-state index in [2.05, 4.69) is 0 Å². The van der Waals surface area contributed by atoms with E-state index >= 15 is 0 Å². The maximum absolute atomic E-state index is 12.9. The van der Waals surface area contributed by atoms with Gasteiger partial charge in [0.05, 0.1) is 22.0 Å². The Kier molecular flexibility index (Phi) is 5.76. The molecular weight excluding hydrogens is 505 g/mol. The fourth-order valence-electron chi connectivity index (χ4n) is 3.44. The van der Waals surface area contributed by atoms with Gasteiger partial charge in [0.25, 0.3) is 11.1 Å². The predicted octanol–water partition coefficient (Wildman–Crippen LogP) is 5.92. The van der Waals surface area contributed by atoms with Crippen LogP contribution in [0.25, 0.3) is 17.4 Å². The predicted molar refractivity (Wildman–Crippen MR) is 125 cm³/mol. The molecule has 3 aromatic rings. The average Bonchev–Trinajstić information content (AvgIpc) is 3.51. The first kappa shape index (κ1) is 22.4. The fourth-order valence-corrected chi connectivity index (χ4v) is 4.67. The van der Waals surface area contributed by atoms with Gasteiger partial charge in [-0.3, -0.25) is 14.5 Å². The molecule has 0 spiro atoms. The van der Waals surface area contributed by atoms with Gasteiger partial charge in [-0.1, -0.05) is 23.2 Å². The Labute approximate surface area is 206 Å². The van der Waals surface area contributed by atoms with Crippen LogP contribution in [-0.4, -0.2) is 33.9 Å². The third-order valence-corrected chi connectivity index (χ3v) is 6.71. The molecule has 0 radical (unpaired) electrons. The smallest absolute Gasteiger partial charge is 0.337 e. The van der Waals surface area contributed by atoms with Gasteiger partial charge in [-0.15, -0.1) is 0 Å². The van der Waals surface area contributed by atoms with E-state index in [1.165, 1.54) is 18.2 Å². The van der Waals surface area contributed by atoms with E-state index < -0.39 is 17.1 Å². The highest BCUT2D eigenvalue weighted by atomic mass is 35.5. The first-order chi connectivity index (χ1) is 16.3. The second-order valence-corrected chi connectivity index (χ2v) is 9.07. The number of hydrogen-bond acceptors (Lipinski definition) is 7. The molecule has 172 valence electrons. The normalized spacial score (nSPS) is 16.1. The van der Waals surface area contributed by atoms with Gasteiger partial charge in [0.2, 0.25) is 6.79 Å². The second kappa shape index (κ2) is 8.75. The molecule has 0 atom stereocenters. The number of carboxylic acid groups (broad SMARTS) is 1. The molecule has 0 unspecified atom stereocenters. The Morgan fingerprint density at radius 2 is 1.82 bits per heavy atom. The molecule has 2 amide bonds. The quantitative estimate of drug-likeness (QED) is 0.415. The van der Waals surface area contributed by atoms with Crippen molar-refractivity contribution in [3.8, 4) is 22.8 Å². The topological polar surface area (TPSA) is 106 Å². The Morgan fingerprint density at radius 1 is 1.06 bits per heavy atom. The molecule has 1 fully saturated rings. The summed E-state index contributed by atoms with van der Waals surface area (Å²) in [5.41, 5.74) is 0.999. The Morgan fingerprint density at radius 3 is 2.59 bits per heavy atom. The highest BCUT2D eigenvalue weighted by Crippen LogP contribution is 2.39. The number of aromatic carboxylic acids is 1. The molecule has 11 heteroatoms. The number of fused-ring (bicyclic) bond motifs is 1. The van der Waals surface area contributed by atoms with Gasteiger partial charge in [-0.05, 0) is 53.7 Å². The molecule has 2 aliphatic heterocycles. The highest BCUT2D eigenvalue weighted by Gasteiger charge is 2.36. The number of carbonyl (C=O) groups excluding carboxylic acids is 2. The number of imide groups is 1. The molecular formula is C23H13Cl2NO7S. The van der Waals surface area contributed by atoms with Crippen molar-refractivity contribution in [3.63, 3.8) is 0 Å². The number of nitrogens with zero attached hydrogens (tertiary/aromatic N) is 1. The van der Waals surface area contributed by atoms with Crippen LogP contribution in [0.5, 0.6) is 11.5 Å². The summed E-state index contributed by atoms with van der Waals surface area (Å²) in [6, 6.07) is 11.0. The number of halogens is 2. The lowest BCUT2D eigenvalue weighted by molar-refractivity contribution is -0.123. The standard InChI is InChI=1S/C23H13Cl2NO7S/c24-15-3-1-11(5-14(15)22(28)29)17-4-2-13(33-17)7-20-21(27)26(23(30)34-20)9-12-6-18-19(8-16(12)25)32-10-31-18/h1-8H,9-10H2,(H,28,29). The van der Waals surface area contributed by atoms with Gasteiger partial charge < -0.3 is 19.0 Å². The number of carboxylic acids is 1. The van der Waals surface area contributed by atoms with Gasteiger partial charge in [0, 0.05) is 22.7 Å². The maximum Gasteiger partial charge on any atom is 0.337 e.